The quantitative estimate of drug-likeness (QED) is 0.627. The number of rotatable bonds is 4. The van der Waals surface area contributed by atoms with E-state index in [1.807, 2.05) is 0 Å². The summed E-state index contributed by atoms with van der Waals surface area (Å²) in [4.78, 5) is 24.3. The lowest BCUT2D eigenvalue weighted by Gasteiger charge is -2.30. The van der Waals surface area contributed by atoms with Crippen molar-refractivity contribution < 1.29 is 18.7 Å². The first-order chi connectivity index (χ1) is 11.3. The van der Waals surface area contributed by atoms with Crippen molar-refractivity contribution in [2.24, 2.45) is 5.92 Å². The predicted molar refractivity (Wildman–Crippen MR) is 90.9 cm³/mol. The van der Waals surface area contributed by atoms with Gasteiger partial charge in [0.15, 0.2) is 6.10 Å². The van der Waals surface area contributed by atoms with Gasteiger partial charge >= 0.3 is 5.97 Å². The van der Waals surface area contributed by atoms with Gasteiger partial charge in [-0.1, -0.05) is 43.0 Å². The molecule has 0 aromatic heterocycles. The Morgan fingerprint density at radius 3 is 2.58 bits per heavy atom. The summed E-state index contributed by atoms with van der Waals surface area (Å²) in [7, 11) is 0. The maximum atomic E-state index is 13.5. The molecule has 7 heteroatoms. The Morgan fingerprint density at radius 1 is 1.25 bits per heavy atom. The predicted octanol–water partition coefficient (Wildman–Crippen LogP) is 4.37. The molecule has 1 aliphatic rings. The fourth-order valence-electron chi connectivity index (χ4n) is 2.79. The van der Waals surface area contributed by atoms with E-state index < -0.39 is 17.9 Å². The summed E-state index contributed by atoms with van der Waals surface area (Å²) >= 11 is 11.5. The Labute approximate surface area is 150 Å². The van der Waals surface area contributed by atoms with E-state index in [9.17, 15) is 14.0 Å². The second-order valence-electron chi connectivity index (χ2n) is 6.17. The number of esters is 1. The summed E-state index contributed by atoms with van der Waals surface area (Å²) in [6.45, 7) is 3.57. The summed E-state index contributed by atoms with van der Waals surface area (Å²) in [5.74, 6) is -1.62. The van der Waals surface area contributed by atoms with Crippen LogP contribution in [-0.4, -0.2) is 24.0 Å². The summed E-state index contributed by atoms with van der Waals surface area (Å²) in [6, 6.07) is 2.12. The molecule has 1 saturated carbocycles. The third-order valence-electron chi connectivity index (χ3n) is 4.32. The van der Waals surface area contributed by atoms with Crippen molar-refractivity contribution in [3.8, 4) is 0 Å². The number of carbonyl (C=O) groups excluding carboxylic acids is 2. The van der Waals surface area contributed by atoms with Gasteiger partial charge in [-0.15, -0.1) is 0 Å². The monoisotopic (exact) mass is 375 g/mol. The van der Waals surface area contributed by atoms with Crippen molar-refractivity contribution >= 4 is 35.1 Å². The second kappa shape index (κ2) is 8.17. The Morgan fingerprint density at radius 2 is 1.92 bits per heavy atom. The Kier molecular flexibility index (Phi) is 6.47. The van der Waals surface area contributed by atoms with Gasteiger partial charge in [-0.05, 0) is 37.8 Å². The summed E-state index contributed by atoms with van der Waals surface area (Å²) in [6.07, 6.45) is 3.23. The minimum atomic E-state index is -0.999. The van der Waals surface area contributed by atoms with Gasteiger partial charge in [-0.25, -0.2) is 9.18 Å². The van der Waals surface area contributed by atoms with E-state index in [-0.39, 0.29) is 27.6 Å². The molecule has 0 bridgehead atoms. The highest BCUT2D eigenvalue weighted by Crippen LogP contribution is 2.26. The van der Waals surface area contributed by atoms with Crippen LogP contribution in [0.25, 0.3) is 0 Å². The topological polar surface area (TPSA) is 55.4 Å². The maximum Gasteiger partial charge on any atom is 0.340 e. The van der Waals surface area contributed by atoms with Crippen LogP contribution >= 0.6 is 23.2 Å². The fourth-order valence-corrected chi connectivity index (χ4v) is 3.25. The summed E-state index contributed by atoms with van der Waals surface area (Å²) in [5.41, 5.74) is -0.163. The average Bonchev–Trinajstić information content (AvgIpc) is 2.52. The average molecular weight is 376 g/mol. The molecule has 24 heavy (non-hydrogen) atoms. The molecule has 1 N–H and O–H groups in total. The minimum absolute atomic E-state index is 0.0279. The molecule has 1 amide bonds. The van der Waals surface area contributed by atoms with Crippen LogP contribution < -0.4 is 5.32 Å². The Bertz CT molecular complexity index is 639. The fraction of sp³-hybridized carbons (Fsp3) is 0.529. The van der Waals surface area contributed by atoms with Crippen LogP contribution in [0, 0.1) is 11.7 Å². The lowest BCUT2D eigenvalue weighted by atomic mass is 9.86. The molecule has 3 atom stereocenters. The third-order valence-corrected chi connectivity index (χ3v) is 4.92. The first kappa shape index (κ1) is 19.0. The van der Waals surface area contributed by atoms with E-state index in [1.54, 1.807) is 0 Å². The van der Waals surface area contributed by atoms with E-state index in [4.69, 9.17) is 27.9 Å². The molecule has 1 fully saturated rings. The maximum absolute atomic E-state index is 13.5. The first-order valence-corrected chi connectivity index (χ1v) is 8.71. The second-order valence-corrected chi connectivity index (χ2v) is 6.98. The molecule has 1 aromatic carbocycles. The van der Waals surface area contributed by atoms with Crippen molar-refractivity contribution in [3.63, 3.8) is 0 Å². The molecular formula is C17H20Cl2FNO3. The van der Waals surface area contributed by atoms with E-state index in [0.717, 1.165) is 31.4 Å². The van der Waals surface area contributed by atoms with E-state index >= 15 is 0 Å². The lowest BCUT2D eigenvalue weighted by molar-refractivity contribution is -0.130. The zero-order chi connectivity index (χ0) is 17.9. The van der Waals surface area contributed by atoms with Crippen LogP contribution in [-0.2, 0) is 9.53 Å². The number of benzene rings is 1. The molecule has 0 unspecified atom stereocenters. The van der Waals surface area contributed by atoms with Crippen LogP contribution in [0.2, 0.25) is 10.0 Å². The van der Waals surface area contributed by atoms with Gasteiger partial charge in [0, 0.05) is 6.04 Å². The van der Waals surface area contributed by atoms with E-state index in [2.05, 4.69) is 12.2 Å². The first-order valence-electron chi connectivity index (χ1n) is 7.95. The van der Waals surface area contributed by atoms with Crippen LogP contribution in [0.4, 0.5) is 4.39 Å². The van der Waals surface area contributed by atoms with Gasteiger partial charge in [0.05, 0.1) is 15.6 Å². The van der Waals surface area contributed by atoms with Gasteiger partial charge in [0.2, 0.25) is 0 Å². The van der Waals surface area contributed by atoms with Crippen LogP contribution in [0.3, 0.4) is 0 Å². The number of halogens is 3. The Balaban J connectivity index is 1.98. The van der Waals surface area contributed by atoms with Crippen LogP contribution in [0.1, 0.15) is 49.9 Å². The number of hydrogen-bond donors (Lipinski definition) is 1. The number of ether oxygens (including phenoxy) is 1. The molecule has 2 rings (SSSR count). The van der Waals surface area contributed by atoms with Gasteiger partial charge < -0.3 is 10.1 Å². The number of nitrogens with one attached hydrogen (secondary N) is 1. The lowest BCUT2D eigenvalue weighted by Crippen LogP contribution is -2.46. The van der Waals surface area contributed by atoms with Crippen molar-refractivity contribution in [2.45, 2.75) is 51.7 Å². The van der Waals surface area contributed by atoms with Gasteiger partial charge in [-0.3, -0.25) is 4.79 Å². The molecule has 0 aliphatic heterocycles. The van der Waals surface area contributed by atoms with Crippen molar-refractivity contribution in [2.75, 3.05) is 0 Å². The van der Waals surface area contributed by atoms with E-state index in [1.165, 1.54) is 13.3 Å². The standard InChI is InChI=1S/C17H20Cl2FNO3/c1-9-5-3-4-6-15(9)21-16(22)10(2)24-17(23)11-7-14(20)13(19)8-12(11)18/h7-10,15H,3-6H2,1-2H3,(H,21,22)/t9-,10+,15+/m0/s1. The highest BCUT2D eigenvalue weighted by atomic mass is 35.5. The number of hydrogen-bond acceptors (Lipinski definition) is 3. The molecule has 132 valence electrons. The zero-order valence-corrected chi connectivity index (χ0v) is 15.1. The highest BCUT2D eigenvalue weighted by molar-refractivity contribution is 6.36. The number of carbonyl (C=O) groups is 2. The third kappa shape index (κ3) is 4.61. The smallest absolute Gasteiger partial charge is 0.340 e. The Hall–Kier alpha value is -1.33. The van der Waals surface area contributed by atoms with Crippen LogP contribution in [0.5, 0.6) is 0 Å². The molecule has 1 aromatic rings. The zero-order valence-electron chi connectivity index (χ0n) is 13.6. The van der Waals surface area contributed by atoms with Crippen molar-refractivity contribution in [3.05, 3.63) is 33.6 Å². The molecule has 0 spiro atoms. The van der Waals surface area contributed by atoms with E-state index in [0.29, 0.717) is 5.92 Å². The minimum Gasteiger partial charge on any atom is -0.449 e. The molecule has 4 nitrogen and oxygen atoms in total. The summed E-state index contributed by atoms with van der Waals surface area (Å²) in [5, 5.41) is 2.70. The molecular weight excluding hydrogens is 356 g/mol. The summed E-state index contributed by atoms with van der Waals surface area (Å²) < 4.78 is 18.6. The van der Waals surface area contributed by atoms with Gasteiger partial charge in [-0.2, -0.15) is 0 Å². The molecule has 0 heterocycles. The van der Waals surface area contributed by atoms with Crippen molar-refractivity contribution in [1.82, 2.24) is 5.32 Å². The van der Waals surface area contributed by atoms with Gasteiger partial charge in [0.25, 0.3) is 5.91 Å². The molecule has 0 saturated heterocycles. The molecule has 1 aliphatic carbocycles. The highest BCUT2D eigenvalue weighted by Gasteiger charge is 2.27. The van der Waals surface area contributed by atoms with Crippen LogP contribution in [0.15, 0.2) is 12.1 Å². The SMILES string of the molecule is C[C@@H](OC(=O)c1cc(F)c(Cl)cc1Cl)C(=O)N[C@@H]1CCCC[C@@H]1C. The largest absolute Gasteiger partial charge is 0.449 e. The molecule has 0 radical (unpaired) electrons. The van der Waals surface area contributed by atoms with Gasteiger partial charge in [0.1, 0.15) is 5.82 Å². The van der Waals surface area contributed by atoms with Crippen molar-refractivity contribution in [1.29, 1.82) is 0 Å². The number of amides is 1. The normalized spacial score (nSPS) is 21.9.